The maximum atomic E-state index is 13.7. The molecule has 3 heterocycles. The zero-order valence-electron chi connectivity index (χ0n) is 26.5. The van der Waals surface area contributed by atoms with E-state index >= 15 is 0 Å². The van der Waals surface area contributed by atoms with Crippen molar-refractivity contribution in [3.05, 3.63) is 86.2 Å². The van der Waals surface area contributed by atoms with Gasteiger partial charge < -0.3 is 19.5 Å². The predicted octanol–water partition coefficient (Wildman–Crippen LogP) is 5.96. The van der Waals surface area contributed by atoms with Crippen LogP contribution in [0.3, 0.4) is 0 Å². The summed E-state index contributed by atoms with van der Waals surface area (Å²) in [5, 5.41) is 22.6. The molecule has 234 valence electrons. The summed E-state index contributed by atoms with van der Waals surface area (Å²) in [4.78, 5) is 42.3. The van der Waals surface area contributed by atoms with Gasteiger partial charge in [0.25, 0.3) is 5.56 Å². The summed E-state index contributed by atoms with van der Waals surface area (Å²) in [6.45, 7) is 10.7. The summed E-state index contributed by atoms with van der Waals surface area (Å²) in [6.07, 6.45) is 2.20. The Labute approximate surface area is 259 Å². The van der Waals surface area contributed by atoms with Crippen LogP contribution in [-0.4, -0.2) is 51.4 Å². The molecule has 1 aromatic carbocycles. The number of methoxy groups -OCH3 is 1. The van der Waals surface area contributed by atoms with Gasteiger partial charge in [0.1, 0.15) is 17.3 Å². The van der Waals surface area contributed by atoms with Crippen molar-refractivity contribution in [1.82, 2.24) is 9.47 Å². The van der Waals surface area contributed by atoms with E-state index in [0.717, 1.165) is 30.8 Å². The number of ether oxygens (including phenoxy) is 1. The number of ketones is 2. The maximum Gasteiger partial charge on any atom is 0.250 e. The van der Waals surface area contributed by atoms with Crippen LogP contribution < -0.4 is 10.3 Å². The number of hydrogen-bond acceptors (Lipinski definition) is 7. The summed E-state index contributed by atoms with van der Waals surface area (Å²) in [5.74, 6) is 0.0324. The van der Waals surface area contributed by atoms with E-state index in [1.54, 1.807) is 13.2 Å². The molecule has 4 aliphatic rings. The zero-order valence-corrected chi connectivity index (χ0v) is 26.5. The molecule has 2 atom stereocenters. The number of piperidine rings is 1. The Hall–Kier alpha value is -3.65. The number of fused-ring (bicyclic) bond motifs is 4. The molecule has 1 saturated heterocycles. The van der Waals surface area contributed by atoms with Crippen LogP contribution in [0.1, 0.15) is 88.5 Å². The lowest BCUT2D eigenvalue weighted by Crippen LogP contribution is -2.46. The summed E-state index contributed by atoms with van der Waals surface area (Å²) in [5.41, 5.74) is 2.36. The number of aromatic nitrogens is 1. The van der Waals surface area contributed by atoms with Gasteiger partial charge >= 0.3 is 0 Å². The molecule has 1 aromatic heterocycles. The van der Waals surface area contributed by atoms with Gasteiger partial charge in [0.2, 0.25) is 0 Å². The summed E-state index contributed by atoms with van der Waals surface area (Å²) >= 11 is 0. The lowest BCUT2D eigenvalue weighted by Gasteiger charge is -2.43. The van der Waals surface area contributed by atoms with Gasteiger partial charge in [-0.3, -0.25) is 19.3 Å². The van der Waals surface area contributed by atoms with Crippen molar-refractivity contribution in [2.24, 2.45) is 16.7 Å². The first-order valence-electron chi connectivity index (χ1n) is 15.7. The van der Waals surface area contributed by atoms with Crippen LogP contribution in [-0.2, 0) is 22.7 Å². The number of carbonyl (C=O) groups is 2. The summed E-state index contributed by atoms with van der Waals surface area (Å²) in [7, 11) is 1.63. The molecule has 0 spiro atoms. The number of Topliss-reactive ketones (excluding diaryl/α,β-unsaturated/α-hetero) is 2. The Balaban J connectivity index is 1.40. The SMILES string of the molecule is COc1ccc(C(C2=C(O)CC(C)(C)CC2=O)C2=C(O)CC(C)(C)CC2=O)cc1CN1CC2C[C@@H](C1)c1cccc(=O)n1C2. The van der Waals surface area contributed by atoms with E-state index in [1.807, 2.05) is 56.5 Å². The smallest absolute Gasteiger partial charge is 0.250 e. The third-order valence-electron chi connectivity index (χ3n) is 9.96. The van der Waals surface area contributed by atoms with Crippen LogP contribution in [0.5, 0.6) is 5.75 Å². The van der Waals surface area contributed by atoms with Crippen molar-refractivity contribution < 1.29 is 24.5 Å². The van der Waals surface area contributed by atoms with E-state index in [4.69, 9.17) is 4.74 Å². The lowest BCUT2D eigenvalue weighted by molar-refractivity contribution is -0.119. The van der Waals surface area contributed by atoms with Crippen LogP contribution in [0, 0.1) is 16.7 Å². The number of aliphatic hydroxyl groups is 2. The highest BCUT2D eigenvalue weighted by Crippen LogP contribution is 2.48. The second-order valence-corrected chi connectivity index (χ2v) is 15.0. The molecule has 0 saturated carbocycles. The fourth-order valence-electron chi connectivity index (χ4n) is 8.20. The van der Waals surface area contributed by atoms with Crippen molar-refractivity contribution in [3.8, 4) is 5.75 Å². The Morgan fingerprint density at radius 2 is 1.50 bits per heavy atom. The second-order valence-electron chi connectivity index (χ2n) is 15.0. The Bertz CT molecular complexity index is 1590. The van der Waals surface area contributed by atoms with Crippen molar-refractivity contribution in [2.45, 2.75) is 84.7 Å². The molecule has 8 heteroatoms. The Morgan fingerprint density at radius 1 is 0.864 bits per heavy atom. The van der Waals surface area contributed by atoms with Gasteiger partial charge in [-0.05, 0) is 46.9 Å². The fraction of sp³-hybridized carbons (Fsp3) is 0.528. The normalized spacial score (nSPS) is 25.0. The molecule has 2 bridgehead atoms. The van der Waals surface area contributed by atoms with E-state index in [1.165, 1.54) is 0 Å². The van der Waals surface area contributed by atoms with Crippen LogP contribution in [0.4, 0.5) is 0 Å². The monoisotopic (exact) mass is 600 g/mol. The molecule has 0 radical (unpaired) electrons. The van der Waals surface area contributed by atoms with Crippen LogP contribution in [0.15, 0.2) is 63.9 Å². The first-order chi connectivity index (χ1) is 20.7. The van der Waals surface area contributed by atoms with Crippen molar-refractivity contribution in [2.75, 3.05) is 20.2 Å². The molecule has 0 amide bonds. The third-order valence-corrected chi connectivity index (χ3v) is 9.96. The standard InChI is InChI=1S/C36H44N2O6/c1-35(2)13-26(39)33(27(40)14-35)32(34-28(41)15-36(3,4)16-29(34)42)22-9-10-30(44-5)24(12-22)20-37-17-21-11-23(19-37)25-7-6-8-31(43)38(25)18-21/h6-10,12,21,23,32,39,41H,11,13-20H2,1-5H3/t21?,23-/m0/s1. The van der Waals surface area contributed by atoms with E-state index in [2.05, 4.69) is 11.0 Å². The molecule has 2 aliphatic heterocycles. The van der Waals surface area contributed by atoms with E-state index in [9.17, 15) is 24.6 Å². The van der Waals surface area contributed by atoms with Gasteiger partial charge in [0.15, 0.2) is 11.6 Å². The minimum Gasteiger partial charge on any atom is -0.512 e. The molecule has 2 N–H and O–H groups in total. The zero-order chi connectivity index (χ0) is 31.6. The fourth-order valence-corrected chi connectivity index (χ4v) is 8.20. The molecule has 1 unspecified atom stereocenters. The minimum absolute atomic E-state index is 0.00989. The van der Waals surface area contributed by atoms with Crippen molar-refractivity contribution in [3.63, 3.8) is 0 Å². The van der Waals surface area contributed by atoms with Gasteiger partial charge in [-0.1, -0.05) is 39.8 Å². The maximum absolute atomic E-state index is 13.7. The highest BCUT2D eigenvalue weighted by atomic mass is 16.5. The molecule has 2 aliphatic carbocycles. The second kappa shape index (κ2) is 11.1. The minimum atomic E-state index is -0.869. The van der Waals surface area contributed by atoms with E-state index < -0.39 is 16.7 Å². The molecule has 8 nitrogen and oxygen atoms in total. The predicted molar refractivity (Wildman–Crippen MR) is 168 cm³/mol. The van der Waals surface area contributed by atoms with Crippen molar-refractivity contribution in [1.29, 1.82) is 0 Å². The highest BCUT2D eigenvalue weighted by Gasteiger charge is 2.44. The molecule has 2 aromatic rings. The largest absolute Gasteiger partial charge is 0.512 e. The number of likely N-dealkylation sites (tertiary alicyclic amines) is 1. The quantitative estimate of drug-likeness (QED) is 0.421. The lowest BCUT2D eigenvalue weighted by atomic mass is 9.67. The van der Waals surface area contributed by atoms with Crippen LogP contribution in [0.25, 0.3) is 0 Å². The molecule has 1 fully saturated rings. The number of nitrogens with zero attached hydrogens (tertiary/aromatic N) is 2. The first kappa shape index (κ1) is 30.4. The summed E-state index contributed by atoms with van der Waals surface area (Å²) < 4.78 is 7.71. The average molecular weight is 601 g/mol. The number of carbonyl (C=O) groups excluding carboxylic acids is 2. The number of benzene rings is 1. The first-order valence-corrected chi connectivity index (χ1v) is 15.7. The third kappa shape index (κ3) is 5.65. The van der Waals surface area contributed by atoms with E-state index in [-0.39, 0.29) is 58.5 Å². The van der Waals surface area contributed by atoms with E-state index in [0.29, 0.717) is 43.2 Å². The number of rotatable bonds is 6. The van der Waals surface area contributed by atoms with Crippen LogP contribution in [0.2, 0.25) is 0 Å². The Kier molecular flexibility index (Phi) is 7.63. The summed E-state index contributed by atoms with van der Waals surface area (Å²) in [6, 6.07) is 11.2. The molecule has 6 rings (SSSR count). The molecule has 44 heavy (non-hydrogen) atoms. The van der Waals surface area contributed by atoms with Gasteiger partial charge in [-0.25, -0.2) is 0 Å². The number of allylic oxidation sites excluding steroid dienone is 4. The van der Waals surface area contributed by atoms with Gasteiger partial charge in [0, 0.05) is 92.2 Å². The highest BCUT2D eigenvalue weighted by molar-refractivity contribution is 6.05. The number of aliphatic hydroxyl groups excluding tert-OH is 2. The molecular formula is C36H44N2O6. The van der Waals surface area contributed by atoms with Gasteiger partial charge in [-0.15, -0.1) is 0 Å². The van der Waals surface area contributed by atoms with Crippen molar-refractivity contribution >= 4 is 11.6 Å². The average Bonchev–Trinajstić information content (AvgIpc) is 2.91. The Morgan fingerprint density at radius 3 is 2.09 bits per heavy atom. The topological polar surface area (TPSA) is 109 Å². The number of pyridine rings is 1. The van der Waals surface area contributed by atoms with Gasteiger partial charge in [-0.2, -0.15) is 0 Å². The molecular weight excluding hydrogens is 556 g/mol. The van der Waals surface area contributed by atoms with Crippen LogP contribution >= 0.6 is 0 Å². The number of hydrogen-bond donors (Lipinski definition) is 2. The van der Waals surface area contributed by atoms with Gasteiger partial charge in [0.05, 0.1) is 7.11 Å².